The molecule has 0 bridgehead atoms. The maximum absolute atomic E-state index is 10.5. The van der Waals surface area contributed by atoms with E-state index in [1.165, 1.54) is 0 Å². The Morgan fingerprint density at radius 1 is 1.67 bits per heavy atom. The van der Waals surface area contributed by atoms with E-state index in [9.17, 15) is 4.79 Å². The van der Waals surface area contributed by atoms with Crippen molar-refractivity contribution < 1.29 is 9.90 Å². The van der Waals surface area contributed by atoms with Gasteiger partial charge in [-0.15, -0.1) is 11.8 Å². The lowest BCUT2D eigenvalue weighted by atomic mass is 10.1. The van der Waals surface area contributed by atoms with E-state index in [1.54, 1.807) is 17.8 Å². The third-order valence-electron chi connectivity index (χ3n) is 2.00. The molecule has 1 unspecified atom stereocenters. The molecule has 0 saturated carbocycles. The standard InChI is InChI=1S/C10H12ClNO2S/c1-15-6-2-3-8(11)7(4-6)9(12)5-10(13)14/h2-4,9H,5,12H2,1H3,(H,13,14). The van der Waals surface area contributed by atoms with Crippen molar-refractivity contribution in [2.24, 2.45) is 5.73 Å². The van der Waals surface area contributed by atoms with Crippen molar-refractivity contribution >= 4 is 29.3 Å². The first-order valence-electron chi connectivity index (χ1n) is 4.35. The number of hydrogen-bond acceptors (Lipinski definition) is 3. The average Bonchev–Trinajstić information content (AvgIpc) is 2.17. The van der Waals surface area contributed by atoms with Gasteiger partial charge in [0.05, 0.1) is 6.42 Å². The molecule has 0 aliphatic heterocycles. The van der Waals surface area contributed by atoms with Gasteiger partial charge in [-0.25, -0.2) is 0 Å². The second-order valence-corrected chi connectivity index (χ2v) is 4.38. The van der Waals surface area contributed by atoms with Crippen LogP contribution in [0, 0.1) is 0 Å². The van der Waals surface area contributed by atoms with Crippen LogP contribution in [0.2, 0.25) is 5.02 Å². The Bertz CT molecular complexity index is 370. The Balaban J connectivity index is 2.95. The molecule has 15 heavy (non-hydrogen) atoms. The molecule has 82 valence electrons. The number of hydrogen-bond donors (Lipinski definition) is 2. The molecule has 0 aromatic heterocycles. The largest absolute Gasteiger partial charge is 0.481 e. The number of carboxylic acid groups (broad SMARTS) is 1. The fourth-order valence-electron chi connectivity index (χ4n) is 1.23. The van der Waals surface area contributed by atoms with Crippen molar-refractivity contribution in [3.63, 3.8) is 0 Å². The first-order valence-corrected chi connectivity index (χ1v) is 5.95. The fraction of sp³-hybridized carbons (Fsp3) is 0.300. The van der Waals surface area contributed by atoms with Gasteiger partial charge in [0.15, 0.2) is 0 Å². The molecule has 1 atom stereocenters. The number of rotatable bonds is 4. The number of benzene rings is 1. The number of nitrogens with two attached hydrogens (primary N) is 1. The normalized spacial score (nSPS) is 12.5. The third-order valence-corrected chi connectivity index (χ3v) is 3.07. The Morgan fingerprint density at radius 3 is 2.87 bits per heavy atom. The summed E-state index contributed by atoms with van der Waals surface area (Å²) in [5, 5.41) is 9.15. The minimum Gasteiger partial charge on any atom is -0.481 e. The van der Waals surface area contributed by atoms with Crippen LogP contribution in [0.4, 0.5) is 0 Å². The zero-order valence-electron chi connectivity index (χ0n) is 8.24. The van der Waals surface area contributed by atoms with Crippen LogP contribution >= 0.6 is 23.4 Å². The second-order valence-electron chi connectivity index (χ2n) is 3.09. The zero-order valence-corrected chi connectivity index (χ0v) is 9.81. The van der Waals surface area contributed by atoms with Crippen LogP contribution in [0.1, 0.15) is 18.0 Å². The molecule has 0 spiro atoms. The first-order chi connectivity index (χ1) is 7.04. The molecular weight excluding hydrogens is 234 g/mol. The van der Waals surface area contributed by atoms with Crippen LogP contribution in [0.15, 0.2) is 23.1 Å². The van der Waals surface area contributed by atoms with Gasteiger partial charge in [-0.1, -0.05) is 11.6 Å². The summed E-state index contributed by atoms with van der Waals surface area (Å²) in [6.07, 6.45) is 1.83. The minimum absolute atomic E-state index is 0.114. The SMILES string of the molecule is CSc1ccc(Cl)c(C(N)CC(=O)O)c1. The summed E-state index contributed by atoms with van der Waals surface area (Å²) in [5.74, 6) is -0.923. The lowest BCUT2D eigenvalue weighted by Crippen LogP contribution is -2.15. The van der Waals surface area contributed by atoms with Crippen LogP contribution < -0.4 is 5.73 Å². The number of aliphatic carboxylic acids is 1. The molecule has 0 fully saturated rings. The molecule has 1 rings (SSSR count). The van der Waals surface area contributed by atoms with Crippen LogP contribution in [0.3, 0.4) is 0 Å². The van der Waals surface area contributed by atoms with Gasteiger partial charge in [-0.05, 0) is 30.0 Å². The Morgan fingerprint density at radius 2 is 2.33 bits per heavy atom. The van der Waals surface area contributed by atoms with Gasteiger partial charge in [0, 0.05) is 16.0 Å². The highest BCUT2D eigenvalue weighted by molar-refractivity contribution is 7.98. The summed E-state index contributed by atoms with van der Waals surface area (Å²) < 4.78 is 0. The average molecular weight is 246 g/mol. The van der Waals surface area contributed by atoms with Crippen LogP contribution in [0.25, 0.3) is 0 Å². The fourth-order valence-corrected chi connectivity index (χ4v) is 1.94. The minimum atomic E-state index is -0.923. The molecular formula is C10H12ClNO2S. The molecule has 0 saturated heterocycles. The molecule has 1 aromatic rings. The quantitative estimate of drug-likeness (QED) is 0.801. The summed E-state index contributed by atoms with van der Waals surface area (Å²) >= 11 is 7.52. The van der Waals surface area contributed by atoms with Gasteiger partial charge in [0.1, 0.15) is 0 Å². The van der Waals surface area contributed by atoms with Crippen molar-refractivity contribution in [2.75, 3.05) is 6.26 Å². The number of carbonyl (C=O) groups is 1. The summed E-state index contributed by atoms with van der Waals surface area (Å²) in [6.45, 7) is 0. The topological polar surface area (TPSA) is 63.3 Å². The van der Waals surface area contributed by atoms with E-state index in [-0.39, 0.29) is 6.42 Å². The molecule has 3 N–H and O–H groups in total. The smallest absolute Gasteiger partial charge is 0.305 e. The van der Waals surface area contributed by atoms with Crippen molar-refractivity contribution in [3.8, 4) is 0 Å². The highest BCUT2D eigenvalue weighted by Gasteiger charge is 2.14. The van der Waals surface area contributed by atoms with E-state index >= 15 is 0 Å². The third kappa shape index (κ3) is 3.41. The molecule has 1 aromatic carbocycles. The van der Waals surface area contributed by atoms with Crippen molar-refractivity contribution in [1.29, 1.82) is 0 Å². The molecule has 0 aliphatic carbocycles. The van der Waals surface area contributed by atoms with E-state index in [2.05, 4.69) is 0 Å². The van der Waals surface area contributed by atoms with Crippen LogP contribution in [0.5, 0.6) is 0 Å². The van der Waals surface area contributed by atoms with Gasteiger partial charge in [0.25, 0.3) is 0 Å². The second kappa shape index (κ2) is 5.39. The van der Waals surface area contributed by atoms with Gasteiger partial charge < -0.3 is 10.8 Å². The highest BCUT2D eigenvalue weighted by Crippen LogP contribution is 2.28. The van der Waals surface area contributed by atoms with Gasteiger partial charge in [0.2, 0.25) is 0 Å². The lowest BCUT2D eigenvalue weighted by Gasteiger charge is -2.12. The number of halogens is 1. The van der Waals surface area contributed by atoms with E-state index in [4.69, 9.17) is 22.4 Å². The zero-order chi connectivity index (χ0) is 11.4. The molecule has 0 amide bonds. The van der Waals surface area contributed by atoms with E-state index in [1.807, 2.05) is 18.4 Å². The predicted molar refractivity (Wildman–Crippen MR) is 62.4 cm³/mol. The van der Waals surface area contributed by atoms with Crippen molar-refractivity contribution in [2.45, 2.75) is 17.4 Å². The van der Waals surface area contributed by atoms with Crippen molar-refractivity contribution in [1.82, 2.24) is 0 Å². The maximum Gasteiger partial charge on any atom is 0.305 e. The summed E-state index contributed by atoms with van der Waals surface area (Å²) in [5.41, 5.74) is 6.43. The summed E-state index contributed by atoms with van der Waals surface area (Å²) in [6, 6.07) is 4.90. The Kier molecular flexibility index (Phi) is 4.45. The Labute approximate surface area is 97.6 Å². The van der Waals surface area contributed by atoms with Gasteiger partial charge in [-0.3, -0.25) is 4.79 Å². The van der Waals surface area contributed by atoms with Crippen LogP contribution in [-0.4, -0.2) is 17.3 Å². The number of thioether (sulfide) groups is 1. The first kappa shape index (κ1) is 12.4. The van der Waals surface area contributed by atoms with Crippen LogP contribution in [-0.2, 0) is 4.79 Å². The molecule has 0 aliphatic rings. The molecule has 5 heteroatoms. The van der Waals surface area contributed by atoms with Crippen molar-refractivity contribution in [3.05, 3.63) is 28.8 Å². The van der Waals surface area contributed by atoms with E-state index in [0.717, 1.165) is 4.90 Å². The number of carboxylic acids is 1. The highest BCUT2D eigenvalue weighted by atomic mass is 35.5. The maximum atomic E-state index is 10.5. The summed E-state index contributed by atoms with van der Waals surface area (Å²) in [4.78, 5) is 11.5. The van der Waals surface area contributed by atoms with Gasteiger partial charge >= 0.3 is 5.97 Å². The summed E-state index contributed by atoms with van der Waals surface area (Å²) in [7, 11) is 0. The molecule has 0 heterocycles. The predicted octanol–water partition coefficient (Wildman–Crippen LogP) is 2.54. The lowest BCUT2D eigenvalue weighted by molar-refractivity contribution is -0.137. The van der Waals surface area contributed by atoms with E-state index in [0.29, 0.717) is 10.6 Å². The Hall–Kier alpha value is -0.710. The monoisotopic (exact) mass is 245 g/mol. The van der Waals surface area contributed by atoms with Gasteiger partial charge in [-0.2, -0.15) is 0 Å². The molecule has 3 nitrogen and oxygen atoms in total. The van der Waals surface area contributed by atoms with E-state index < -0.39 is 12.0 Å². The molecule has 0 radical (unpaired) electrons.